The zero-order chi connectivity index (χ0) is 40.1. The first-order valence-electron chi connectivity index (χ1n) is 20.3. The molecule has 3 nitrogen and oxygen atoms in total. The summed E-state index contributed by atoms with van der Waals surface area (Å²) in [4.78, 5) is 15.6. The van der Waals surface area contributed by atoms with Crippen LogP contribution in [0.3, 0.4) is 0 Å². The van der Waals surface area contributed by atoms with Crippen molar-refractivity contribution in [3.05, 3.63) is 237 Å². The molecule has 0 spiro atoms. The van der Waals surface area contributed by atoms with Gasteiger partial charge in [0.2, 0.25) is 0 Å². The quantitative estimate of drug-likeness (QED) is 0.147. The van der Waals surface area contributed by atoms with Crippen LogP contribution in [-0.4, -0.2) is 15.0 Å². The van der Waals surface area contributed by atoms with Crippen molar-refractivity contribution in [2.75, 3.05) is 0 Å². The molecular weight excluding hydrogens is 727 g/mol. The van der Waals surface area contributed by atoms with Gasteiger partial charge in [-0.25, -0.2) is 15.0 Å². The molecule has 1 heterocycles. The summed E-state index contributed by atoms with van der Waals surface area (Å²) in [7, 11) is 0. The van der Waals surface area contributed by atoms with E-state index < -0.39 is 0 Å². The molecule has 0 saturated carbocycles. The van der Waals surface area contributed by atoms with Gasteiger partial charge in [0, 0.05) is 16.7 Å². The van der Waals surface area contributed by atoms with Crippen LogP contribution >= 0.6 is 0 Å². The van der Waals surface area contributed by atoms with E-state index in [2.05, 4.69) is 218 Å². The lowest BCUT2D eigenvalue weighted by atomic mass is 9.97. The third-order valence-corrected chi connectivity index (χ3v) is 10.9. The van der Waals surface area contributed by atoms with Crippen LogP contribution < -0.4 is 0 Å². The maximum atomic E-state index is 5.20. The highest BCUT2D eigenvalue weighted by Crippen LogP contribution is 2.34. The third kappa shape index (κ3) is 7.80. The standard InChI is InChI=1S/C57H39N3/c1-4-16-40(17-5-1)43-22-10-25-46(34-43)49-28-13-31-52(37-49)55-58-56(53-32-14-29-50(38-53)47-26-11-23-44(35-47)41-18-6-2-7-19-41)60-57(59-55)54-33-15-30-51(39-54)48-27-12-24-45(36-48)42-20-8-3-9-21-42/h1-39H. The van der Waals surface area contributed by atoms with Crippen LogP contribution in [0, 0.1) is 0 Å². The predicted octanol–water partition coefficient (Wildman–Crippen LogP) is 14.9. The van der Waals surface area contributed by atoms with Crippen molar-refractivity contribution in [2.45, 2.75) is 0 Å². The van der Waals surface area contributed by atoms with Gasteiger partial charge in [0.1, 0.15) is 0 Å². The molecule has 0 amide bonds. The summed E-state index contributed by atoms with van der Waals surface area (Å²) in [6.45, 7) is 0. The molecule has 0 saturated heterocycles. The van der Waals surface area contributed by atoms with Gasteiger partial charge in [0.15, 0.2) is 17.5 Å². The molecule has 0 aliphatic heterocycles. The first-order chi connectivity index (χ1) is 29.7. The highest BCUT2D eigenvalue weighted by atomic mass is 15.0. The molecule has 9 aromatic carbocycles. The topological polar surface area (TPSA) is 38.7 Å². The van der Waals surface area contributed by atoms with E-state index in [0.29, 0.717) is 17.5 Å². The molecule has 10 rings (SSSR count). The van der Waals surface area contributed by atoms with Gasteiger partial charge in [-0.15, -0.1) is 0 Å². The SMILES string of the molecule is c1ccc(-c2cccc(-c3cccc(-c4nc(-c5cccc(-c6cccc(-c7ccccc7)c6)c5)nc(-c5cccc(-c6cccc(-c7ccccc7)c6)c5)n4)c3)c2)cc1. The number of aromatic nitrogens is 3. The Bertz CT molecular complexity index is 2740. The van der Waals surface area contributed by atoms with Crippen molar-refractivity contribution in [1.82, 2.24) is 15.0 Å². The Morgan fingerprint density at radius 1 is 0.150 bits per heavy atom. The Morgan fingerprint density at radius 2 is 0.317 bits per heavy atom. The van der Waals surface area contributed by atoms with E-state index in [0.717, 1.165) is 50.1 Å². The Morgan fingerprint density at radius 3 is 0.550 bits per heavy atom. The van der Waals surface area contributed by atoms with Crippen LogP contribution in [-0.2, 0) is 0 Å². The minimum Gasteiger partial charge on any atom is -0.208 e. The van der Waals surface area contributed by atoms with Crippen molar-refractivity contribution in [2.24, 2.45) is 0 Å². The molecule has 282 valence electrons. The zero-order valence-corrected chi connectivity index (χ0v) is 32.9. The van der Waals surface area contributed by atoms with Gasteiger partial charge >= 0.3 is 0 Å². The monoisotopic (exact) mass is 765 g/mol. The minimum atomic E-state index is 0.615. The fraction of sp³-hybridized carbons (Fsp3) is 0. The Labute approximate surface area is 351 Å². The van der Waals surface area contributed by atoms with Gasteiger partial charge in [-0.1, -0.05) is 200 Å². The molecule has 0 N–H and O–H groups in total. The van der Waals surface area contributed by atoms with E-state index in [1.807, 2.05) is 18.2 Å². The molecule has 0 radical (unpaired) electrons. The molecule has 0 aliphatic carbocycles. The highest BCUT2D eigenvalue weighted by Gasteiger charge is 2.15. The second-order valence-electron chi connectivity index (χ2n) is 14.9. The van der Waals surface area contributed by atoms with Gasteiger partial charge in [-0.2, -0.15) is 0 Å². The number of rotatable bonds is 9. The first-order valence-corrected chi connectivity index (χ1v) is 20.3. The maximum absolute atomic E-state index is 5.20. The lowest BCUT2D eigenvalue weighted by molar-refractivity contribution is 1.07. The van der Waals surface area contributed by atoms with Crippen molar-refractivity contribution < 1.29 is 0 Å². The van der Waals surface area contributed by atoms with Crippen LogP contribution in [0.2, 0.25) is 0 Å². The summed E-state index contributed by atoms with van der Waals surface area (Å²) in [6, 6.07) is 83.1. The molecule has 60 heavy (non-hydrogen) atoms. The Kier molecular flexibility index (Phi) is 9.97. The molecule has 0 atom stereocenters. The number of benzene rings is 9. The molecule has 1 aromatic heterocycles. The first kappa shape index (κ1) is 36.3. The largest absolute Gasteiger partial charge is 0.208 e. The summed E-state index contributed by atoms with van der Waals surface area (Å²) in [6.07, 6.45) is 0. The van der Waals surface area contributed by atoms with E-state index in [1.165, 1.54) is 33.4 Å². The van der Waals surface area contributed by atoms with E-state index in [4.69, 9.17) is 15.0 Å². The average Bonchev–Trinajstić information content (AvgIpc) is 3.35. The van der Waals surface area contributed by atoms with Crippen LogP contribution in [0.1, 0.15) is 0 Å². The average molecular weight is 766 g/mol. The summed E-state index contributed by atoms with van der Waals surface area (Å²) in [5, 5.41) is 0. The summed E-state index contributed by atoms with van der Waals surface area (Å²) < 4.78 is 0. The third-order valence-electron chi connectivity index (χ3n) is 10.9. The predicted molar refractivity (Wildman–Crippen MR) is 249 cm³/mol. The molecular formula is C57H39N3. The molecule has 10 aromatic rings. The van der Waals surface area contributed by atoms with Gasteiger partial charge in [-0.3, -0.25) is 0 Å². The van der Waals surface area contributed by atoms with Crippen molar-refractivity contribution in [1.29, 1.82) is 0 Å². The van der Waals surface area contributed by atoms with Crippen LogP contribution in [0.25, 0.3) is 101 Å². The number of hydrogen-bond acceptors (Lipinski definition) is 3. The molecule has 0 unspecified atom stereocenters. The normalized spacial score (nSPS) is 11.0. The Hall–Kier alpha value is -8.01. The van der Waals surface area contributed by atoms with Gasteiger partial charge in [0.05, 0.1) is 0 Å². The smallest absolute Gasteiger partial charge is 0.164 e. The van der Waals surface area contributed by atoms with Gasteiger partial charge < -0.3 is 0 Å². The molecule has 0 fully saturated rings. The second kappa shape index (κ2) is 16.5. The van der Waals surface area contributed by atoms with Gasteiger partial charge in [-0.05, 0) is 103 Å². The van der Waals surface area contributed by atoms with E-state index >= 15 is 0 Å². The van der Waals surface area contributed by atoms with E-state index in [-0.39, 0.29) is 0 Å². The fourth-order valence-electron chi connectivity index (χ4n) is 7.80. The van der Waals surface area contributed by atoms with Crippen molar-refractivity contribution in [3.8, 4) is 101 Å². The number of nitrogens with zero attached hydrogens (tertiary/aromatic N) is 3. The molecule has 0 bridgehead atoms. The van der Waals surface area contributed by atoms with Gasteiger partial charge in [0.25, 0.3) is 0 Å². The van der Waals surface area contributed by atoms with Crippen molar-refractivity contribution >= 4 is 0 Å². The van der Waals surface area contributed by atoms with Crippen LogP contribution in [0.5, 0.6) is 0 Å². The summed E-state index contributed by atoms with van der Waals surface area (Å²) in [5.41, 5.74) is 16.5. The lowest BCUT2D eigenvalue weighted by Crippen LogP contribution is -2.00. The van der Waals surface area contributed by atoms with E-state index in [9.17, 15) is 0 Å². The van der Waals surface area contributed by atoms with Crippen molar-refractivity contribution in [3.63, 3.8) is 0 Å². The minimum absolute atomic E-state index is 0.615. The molecule has 0 aliphatic rings. The highest BCUT2D eigenvalue weighted by molar-refractivity contribution is 5.80. The Balaban J connectivity index is 1.07. The molecule has 3 heteroatoms. The summed E-state index contributed by atoms with van der Waals surface area (Å²) in [5.74, 6) is 1.84. The summed E-state index contributed by atoms with van der Waals surface area (Å²) >= 11 is 0. The maximum Gasteiger partial charge on any atom is 0.164 e. The second-order valence-corrected chi connectivity index (χ2v) is 14.9. The van der Waals surface area contributed by atoms with Crippen LogP contribution in [0.4, 0.5) is 0 Å². The fourth-order valence-corrected chi connectivity index (χ4v) is 7.80. The van der Waals surface area contributed by atoms with E-state index in [1.54, 1.807) is 0 Å². The number of hydrogen-bond donors (Lipinski definition) is 0. The lowest BCUT2D eigenvalue weighted by Gasteiger charge is -2.12. The zero-order valence-electron chi connectivity index (χ0n) is 32.9. The van der Waals surface area contributed by atoms with Crippen LogP contribution in [0.15, 0.2) is 237 Å².